The molecule has 0 bridgehead atoms. The molecular weight excluding hydrogens is 283 g/mol. The van der Waals surface area contributed by atoms with Crippen molar-refractivity contribution in [1.29, 1.82) is 0 Å². The Balaban J connectivity index is 1.66. The van der Waals surface area contributed by atoms with Crippen molar-refractivity contribution in [1.82, 2.24) is 9.97 Å². The van der Waals surface area contributed by atoms with E-state index in [1.807, 2.05) is 0 Å². The number of benzene rings is 1. The maximum atomic E-state index is 12.8. The number of piperidine rings is 1. The maximum Gasteiger partial charge on any atom is 0.258 e. The molecule has 5 nitrogen and oxygen atoms in total. The van der Waals surface area contributed by atoms with E-state index in [9.17, 15) is 9.18 Å². The van der Waals surface area contributed by atoms with Crippen LogP contribution >= 0.6 is 0 Å². The van der Waals surface area contributed by atoms with E-state index in [0.717, 1.165) is 25.9 Å². The molecule has 3 rings (SSSR count). The molecule has 22 heavy (non-hydrogen) atoms. The maximum absolute atomic E-state index is 12.8. The zero-order valence-corrected chi connectivity index (χ0v) is 12.1. The first-order valence-corrected chi connectivity index (χ1v) is 7.36. The first-order valence-electron chi connectivity index (χ1n) is 7.36. The van der Waals surface area contributed by atoms with Gasteiger partial charge in [0, 0.05) is 31.2 Å². The lowest BCUT2D eigenvalue weighted by Gasteiger charge is -2.26. The van der Waals surface area contributed by atoms with Gasteiger partial charge < -0.3 is 10.2 Å². The summed E-state index contributed by atoms with van der Waals surface area (Å²) in [6, 6.07) is 5.61. The smallest absolute Gasteiger partial charge is 0.258 e. The quantitative estimate of drug-likeness (QED) is 0.947. The van der Waals surface area contributed by atoms with Gasteiger partial charge in [-0.25, -0.2) is 14.4 Å². The highest BCUT2D eigenvalue weighted by atomic mass is 19.1. The fourth-order valence-corrected chi connectivity index (χ4v) is 2.43. The zero-order chi connectivity index (χ0) is 15.4. The fourth-order valence-electron chi connectivity index (χ4n) is 2.43. The van der Waals surface area contributed by atoms with Crippen molar-refractivity contribution in [3.8, 4) is 0 Å². The summed E-state index contributed by atoms with van der Waals surface area (Å²) in [5.41, 5.74) is 0.914. The van der Waals surface area contributed by atoms with Crippen LogP contribution in [0.15, 0.2) is 36.7 Å². The van der Waals surface area contributed by atoms with Crippen molar-refractivity contribution in [2.45, 2.75) is 19.3 Å². The van der Waals surface area contributed by atoms with Crippen molar-refractivity contribution >= 4 is 17.5 Å². The van der Waals surface area contributed by atoms with Crippen LogP contribution in [0, 0.1) is 5.82 Å². The van der Waals surface area contributed by atoms with E-state index in [-0.39, 0.29) is 11.7 Å². The molecule has 2 aromatic rings. The number of amides is 1. The number of hydrogen-bond acceptors (Lipinski definition) is 4. The molecule has 1 N–H and O–H groups in total. The molecular formula is C16H17FN4O. The molecule has 0 unspecified atom stereocenters. The minimum Gasteiger partial charge on any atom is -0.341 e. The summed E-state index contributed by atoms with van der Waals surface area (Å²) < 4.78 is 12.8. The van der Waals surface area contributed by atoms with E-state index >= 15 is 0 Å². The van der Waals surface area contributed by atoms with Gasteiger partial charge in [0.15, 0.2) is 0 Å². The Bertz CT molecular complexity index is 636. The van der Waals surface area contributed by atoms with Gasteiger partial charge in [-0.05, 0) is 43.5 Å². The monoisotopic (exact) mass is 300 g/mol. The molecule has 1 saturated heterocycles. The van der Waals surface area contributed by atoms with Crippen LogP contribution in [0.2, 0.25) is 0 Å². The molecule has 2 heterocycles. The molecule has 0 saturated carbocycles. The van der Waals surface area contributed by atoms with Crippen LogP contribution in [0.25, 0.3) is 0 Å². The highest BCUT2D eigenvalue weighted by molar-refractivity contribution is 6.03. The summed E-state index contributed by atoms with van der Waals surface area (Å²) in [4.78, 5) is 22.8. The predicted octanol–water partition coefficient (Wildman–Crippen LogP) is 2.86. The van der Waals surface area contributed by atoms with Gasteiger partial charge in [0.2, 0.25) is 5.95 Å². The topological polar surface area (TPSA) is 58.1 Å². The Morgan fingerprint density at radius 2 is 1.68 bits per heavy atom. The van der Waals surface area contributed by atoms with Gasteiger partial charge >= 0.3 is 0 Å². The lowest BCUT2D eigenvalue weighted by atomic mass is 10.1. The van der Waals surface area contributed by atoms with Crippen molar-refractivity contribution in [2.75, 3.05) is 23.3 Å². The highest BCUT2D eigenvalue weighted by Gasteiger charge is 2.14. The van der Waals surface area contributed by atoms with E-state index in [1.54, 1.807) is 0 Å². The number of rotatable bonds is 3. The second-order valence-electron chi connectivity index (χ2n) is 5.28. The van der Waals surface area contributed by atoms with Gasteiger partial charge in [0.05, 0.1) is 5.56 Å². The number of hydrogen-bond donors (Lipinski definition) is 1. The fraction of sp³-hybridized carbons (Fsp3) is 0.312. The number of nitrogens with zero attached hydrogens (tertiary/aromatic N) is 3. The molecule has 114 valence electrons. The van der Waals surface area contributed by atoms with Crippen molar-refractivity contribution in [3.63, 3.8) is 0 Å². The van der Waals surface area contributed by atoms with Gasteiger partial charge in [0.1, 0.15) is 5.82 Å². The number of anilines is 2. The standard InChI is InChI=1S/C16H17FN4O/c17-13-4-6-14(7-5-13)20-15(22)12-10-18-16(19-11-12)21-8-2-1-3-9-21/h4-7,10-11H,1-3,8-9H2,(H,20,22). The molecule has 1 aliphatic heterocycles. The average molecular weight is 300 g/mol. The Morgan fingerprint density at radius 1 is 1.05 bits per heavy atom. The van der Waals surface area contributed by atoms with E-state index < -0.39 is 0 Å². The molecule has 1 aromatic heterocycles. The number of nitrogens with one attached hydrogen (secondary N) is 1. The number of aromatic nitrogens is 2. The van der Waals surface area contributed by atoms with Crippen LogP contribution in [-0.4, -0.2) is 29.0 Å². The largest absolute Gasteiger partial charge is 0.341 e. The van der Waals surface area contributed by atoms with Gasteiger partial charge in [0.25, 0.3) is 5.91 Å². The Morgan fingerprint density at radius 3 is 2.32 bits per heavy atom. The van der Waals surface area contributed by atoms with Crippen LogP contribution in [-0.2, 0) is 0 Å². The van der Waals surface area contributed by atoms with E-state index in [4.69, 9.17) is 0 Å². The lowest BCUT2D eigenvalue weighted by Crippen LogP contribution is -2.31. The number of carbonyl (C=O) groups excluding carboxylic acids is 1. The predicted molar refractivity (Wildman–Crippen MR) is 82.4 cm³/mol. The Kier molecular flexibility index (Phi) is 4.27. The third kappa shape index (κ3) is 3.39. The third-order valence-electron chi connectivity index (χ3n) is 3.64. The normalized spacial score (nSPS) is 14.7. The summed E-state index contributed by atoms with van der Waals surface area (Å²) in [5.74, 6) is 0.0158. The summed E-state index contributed by atoms with van der Waals surface area (Å²) in [5, 5.41) is 2.69. The minimum atomic E-state index is -0.341. The molecule has 0 spiro atoms. The van der Waals surface area contributed by atoms with Crippen molar-refractivity contribution in [3.05, 3.63) is 48.0 Å². The molecule has 0 aliphatic carbocycles. The van der Waals surface area contributed by atoms with Crippen LogP contribution < -0.4 is 10.2 Å². The second-order valence-corrected chi connectivity index (χ2v) is 5.28. The molecule has 1 aliphatic rings. The summed E-state index contributed by atoms with van der Waals surface area (Å²) in [6.45, 7) is 1.92. The SMILES string of the molecule is O=C(Nc1ccc(F)cc1)c1cnc(N2CCCCC2)nc1. The lowest BCUT2D eigenvalue weighted by molar-refractivity contribution is 0.102. The second kappa shape index (κ2) is 6.51. The van der Waals surface area contributed by atoms with E-state index in [2.05, 4.69) is 20.2 Å². The van der Waals surface area contributed by atoms with Crippen molar-refractivity contribution < 1.29 is 9.18 Å². The Hall–Kier alpha value is -2.50. The van der Waals surface area contributed by atoms with Gasteiger partial charge in [-0.2, -0.15) is 0 Å². The van der Waals surface area contributed by atoms with Crippen molar-refractivity contribution in [2.24, 2.45) is 0 Å². The van der Waals surface area contributed by atoms with Gasteiger partial charge in [-0.1, -0.05) is 0 Å². The molecule has 1 amide bonds. The third-order valence-corrected chi connectivity index (χ3v) is 3.64. The average Bonchev–Trinajstić information content (AvgIpc) is 2.58. The summed E-state index contributed by atoms with van der Waals surface area (Å²) in [7, 11) is 0. The highest BCUT2D eigenvalue weighted by Crippen LogP contribution is 2.15. The van der Waals surface area contributed by atoms with Gasteiger partial charge in [-0.15, -0.1) is 0 Å². The molecule has 0 atom stereocenters. The van der Waals surface area contributed by atoms with Crippen LogP contribution in [0.3, 0.4) is 0 Å². The molecule has 1 fully saturated rings. The Labute approximate surface area is 128 Å². The van der Waals surface area contributed by atoms with Gasteiger partial charge in [-0.3, -0.25) is 4.79 Å². The van der Waals surface area contributed by atoms with E-state index in [0.29, 0.717) is 17.2 Å². The first-order chi connectivity index (χ1) is 10.7. The summed E-state index contributed by atoms with van der Waals surface area (Å²) >= 11 is 0. The van der Waals surface area contributed by atoms with Crippen LogP contribution in [0.4, 0.5) is 16.0 Å². The van der Waals surface area contributed by atoms with Crippen LogP contribution in [0.1, 0.15) is 29.6 Å². The minimum absolute atomic E-state index is 0.309. The van der Waals surface area contributed by atoms with Crippen LogP contribution in [0.5, 0.6) is 0 Å². The molecule has 1 aromatic carbocycles. The summed E-state index contributed by atoms with van der Waals surface area (Å²) in [6.07, 6.45) is 6.59. The number of halogens is 1. The molecule has 0 radical (unpaired) electrons. The zero-order valence-electron chi connectivity index (χ0n) is 12.1. The van der Waals surface area contributed by atoms with E-state index in [1.165, 1.54) is 43.1 Å². The molecule has 6 heteroatoms. The number of carbonyl (C=O) groups is 1. The first kappa shape index (κ1) is 14.4.